The zero-order chi connectivity index (χ0) is 21.8. The SMILES string of the molecule is C=CC(=O)OCC[N+](CC)(CC)C(C)CCCCCCCCCCCCCCC. The second kappa shape index (κ2) is 19.2. The lowest BCUT2D eigenvalue weighted by Gasteiger charge is -2.42. The van der Waals surface area contributed by atoms with E-state index in [4.69, 9.17) is 4.74 Å². The van der Waals surface area contributed by atoms with Gasteiger partial charge in [0.1, 0.15) is 13.2 Å². The van der Waals surface area contributed by atoms with Crippen LogP contribution >= 0.6 is 0 Å². The molecule has 29 heavy (non-hydrogen) atoms. The number of carbonyl (C=O) groups excluding carboxylic acids is 1. The first-order valence-corrected chi connectivity index (χ1v) is 12.7. The fourth-order valence-electron chi connectivity index (χ4n) is 4.50. The van der Waals surface area contributed by atoms with Crippen LogP contribution in [0.15, 0.2) is 12.7 Å². The fourth-order valence-corrected chi connectivity index (χ4v) is 4.50. The molecule has 0 spiro atoms. The number of hydrogen-bond acceptors (Lipinski definition) is 2. The first-order chi connectivity index (χ1) is 14.1. The van der Waals surface area contributed by atoms with Crippen LogP contribution in [0.1, 0.15) is 118 Å². The Labute approximate surface area is 182 Å². The van der Waals surface area contributed by atoms with E-state index < -0.39 is 0 Å². The highest BCUT2D eigenvalue weighted by Gasteiger charge is 2.30. The average Bonchev–Trinajstić information content (AvgIpc) is 2.74. The third kappa shape index (κ3) is 13.9. The van der Waals surface area contributed by atoms with Crippen LogP contribution in [0.3, 0.4) is 0 Å². The molecule has 0 N–H and O–H groups in total. The van der Waals surface area contributed by atoms with Crippen LogP contribution < -0.4 is 0 Å². The second-order valence-electron chi connectivity index (χ2n) is 8.83. The highest BCUT2D eigenvalue weighted by atomic mass is 16.5. The van der Waals surface area contributed by atoms with Crippen molar-refractivity contribution in [3.63, 3.8) is 0 Å². The molecule has 0 rings (SSSR count). The Balaban J connectivity index is 3.79. The molecular formula is C26H52NO2+. The van der Waals surface area contributed by atoms with E-state index in [1.165, 1.54) is 96.0 Å². The molecular weight excluding hydrogens is 358 g/mol. The summed E-state index contributed by atoms with van der Waals surface area (Å²) in [6.07, 6.45) is 20.8. The third-order valence-corrected chi connectivity index (χ3v) is 6.87. The first-order valence-electron chi connectivity index (χ1n) is 12.7. The van der Waals surface area contributed by atoms with Crippen molar-refractivity contribution < 1.29 is 14.0 Å². The normalized spacial score (nSPS) is 12.7. The van der Waals surface area contributed by atoms with E-state index in [2.05, 4.69) is 34.3 Å². The van der Waals surface area contributed by atoms with Gasteiger partial charge < -0.3 is 9.22 Å². The molecule has 0 amide bonds. The number of nitrogens with zero attached hydrogens (tertiary/aromatic N) is 1. The van der Waals surface area contributed by atoms with Crippen molar-refractivity contribution in [2.75, 3.05) is 26.2 Å². The molecule has 0 saturated carbocycles. The zero-order valence-electron chi connectivity index (χ0n) is 20.4. The van der Waals surface area contributed by atoms with Gasteiger partial charge in [0, 0.05) is 6.08 Å². The van der Waals surface area contributed by atoms with E-state index in [-0.39, 0.29) is 5.97 Å². The van der Waals surface area contributed by atoms with Crippen LogP contribution in [-0.2, 0) is 9.53 Å². The number of hydrogen-bond donors (Lipinski definition) is 0. The predicted molar refractivity (Wildman–Crippen MR) is 127 cm³/mol. The van der Waals surface area contributed by atoms with Gasteiger partial charge in [0.15, 0.2) is 0 Å². The van der Waals surface area contributed by atoms with Gasteiger partial charge in [-0.25, -0.2) is 4.79 Å². The summed E-state index contributed by atoms with van der Waals surface area (Å²) in [6, 6.07) is 0.625. The predicted octanol–water partition coefficient (Wildman–Crippen LogP) is 7.44. The van der Waals surface area contributed by atoms with Gasteiger partial charge in [-0.05, 0) is 33.6 Å². The van der Waals surface area contributed by atoms with Gasteiger partial charge in [0.2, 0.25) is 0 Å². The number of ether oxygens (including phenoxy) is 1. The molecule has 0 fully saturated rings. The van der Waals surface area contributed by atoms with Crippen molar-refractivity contribution in [3.05, 3.63) is 12.7 Å². The molecule has 0 aliphatic heterocycles. The van der Waals surface area contributed by atoms with Gasteiger partial charge in [-0.15, -0.1) is 0 Å². The van der Waals surface area contributed by atoms with Gasteiger partial charge in [0.05, 0.1) is 19.1 Å². The summed E-state index contributed by atoms with van der Waals surface area (Å²) in [5.74, 6) is -0.306. The summed E-state index contributed by atoms with van der Waals surface area (Å²) in [7, 11) is 0. The van der Waals surface area contributed by atoms with Crippen LogP contribution in [0.5, 0.6) is 0 Å². The second-order valence-corrected chi connectivity index (χ2v) is 8.83. The van der Waals surface area contributed by atoms with Crippen LogP contribution in [0.25, 0.3) is 0 Å². The van der Waals surface area contributed by atoms with E-state index in [0.717, 1.165) is 24.1 Å². The molecule has 0 aromatic rings. The molecule has 3 nitrogen and oxygen atoms in total. The number of carbonyl (C=O) groups is 1. The fraction of sp³-hybridized carbons (Fsp3) is 0.885. The Hall–Kier alpha value is -0.830. The standard InChI is InChI=1S/C26H52NO2/c1-6-10-11-12-13-14-15-16-17-18-19-20-21-22-25(5)27(8-3,9-4)23-24-29-26(28)7-2/h7,25H,2,6,8-24H2,1,3-5H3/q+1. The lowest BCUT2D eigenvalue weighted by atomic mass is 10.0. The van der Waals surface area contributed by atoms with Gasteiger partial charge in [-0.1, -0.05) is 90.6 Å². The van der Waals surface area contributed by atoms with Crippen LogP contribution in [0.4, 0.5) is 0 Å². The molecule has 1 atom stereocenters. The van der Waals surface area contributed by atoms with Gasteiger partial charge in [-0.2, -0.15) is 0 Å². The topological polar surface area (TPSA) is 26.3 Å². The lowest BCUT2D eigenvalue weighted by Crippen LogP contribution is -2.55. The van der Waals surface area contributed by atoms with E-state index in [1.807, 2.05) is 0 Å². The Morgan fingerprint density at radius 2 is 1.28 bits per heavy atom. The van der Waals surface area contributed by atoms with E-state index in [9.17, 15) is 4.79 Å². The number of quaternary nitrogens is 1. The summed E-state index contributed by atoms with van der Waals surface area (Å²) in [6.45, 7) is 16.3. The Kier molecular flexibility index (Phi) is 18.6. The largest absolute Gasteiger partial charge is 0.457 e. The Morgan fingerprint density at radius 3 is 1.69 bits per heavy atom. The molecule has 0 aliphatic carbocycles. The molecule has 0 saturated heterocycles. The highest BCUT2D eigenvalue weighted by Crippen LogP contribution is 2.20. The van der Waals surface area contributed by atoms with E-state index in [1.54, 1.807) is 0 Å². The number of likely N-dealkylation sites (N-methyl/N-ethyl adjacent to an activating group) is 1. The minimum absolute atomic E-state index is 0.306. The maximum Gasteiger partial charge on any atom is 0.330 e. The maximum absolute atomic E-state index is 11.3. The van der Waals surface area contributed by atoms with Gasteiger partial charge >= 0.3 is 5.97 Å². The monoisotopic (exact) mass is 410 g/mol. The van der Waals surface area contributed by atoms with Crippen LogP contribution in [0.2, 0.25) is 0 Å². The summed E-state index contributed by atoms with van der Waals surface area (Å²) < 4.78 is 6.29. The zero-order valence-corrected chi connectivity index (χ0v) is 20.4. The quantitative estimate of drug-likeness (QED) is 0.0850. The summed E-state index contributed by atoms with van der Waals surface area (Å²) >= 11 is 0. The van der Waals surface area contributed by atoms with Crippen molar-refractivity contribution in [1.82, 2.24) is 0 Å². The van der Waals surface area contributed by atoms with Crippen LogP contribution in [0, 0.1) is 0 Å². The lowest BCUT2D eigenvalue weighted by molar-refractivity contribution is -0.946. The minimum Gasteiger partial charge on any atom is -0.457 e. The molecule has 1 unspecified atom stereocenters. The number of rotatable bonds is 21. The van der Waals surface area contributed by atoms with Gasteiger partial charge in [-0.3, -0.25) is 0 Å². The first kappa shape index (κ1) is 28.2. The number of esters is 1. The van der Waals surface area contributed by atoms with E-state index >= 15 is 0 Å². The van der Waals surface area contributed by atoms with Crippen molar-refractivity contribution >= 4 is 5.97 Å². The van der Waals surface area contributed by atoms with Crippen molar-refractivity contribution in [1.29, 1.82) is 0 Å². The summed E-state index contributed by atoms with van der Waals surface area (Å²) in [4.78, 5) is 11.3. The maximum atomic E-state index is 11.3. The molecule has 0 aromatic carbocycles. The average molecular weight is 411 g/mol. The molecule has 0 radical (unpaired) electrons. The van der Waals surface area contributed by atoms with Crippen LogP contribution in [-0.4, -0.2) is 42.7 Å². The summed E-state index contributed by atoms with van der Waals surface area (Å²) in [5, 5.41) is 0. The highest BCUT2D eigenvalue weighted by molar-refractivity contribution is 5.81. The van der Waals surface area contributed by atoms with Crippen molar-refractivity contribution in [2.24, 2.45) is 0 Å². The molecule has 0 heterocycles. The molecule has 172 valence electrons. The van der Waals surface area contributed by atoms with Crippen molar-refractivity contribution in [2.45, 2.75) is 124 Å². The minimum atomic E-state index is -0.306. The smallest absolute Gasteiger partial charge is 0.330 e. The van der Waals surface area contributed by atoms with Crippen molar-refractivity contribution in [3.8, 4) is 0 Å². The van der Waals surface area contributed by atoms with Gasteiger partial charge in [0.25, 0.3) is 0 Å². The molecule has 0 aromatic heterocycles. The third-order valence-electron chi connectivity index (χ3n) is 6.87. The Bertz CT molecular complexity index is 390. The molecule has 3 heteroatoms. The summed E-state index contributed by atoms with van der Waals surface area (Å²) in [5.41, 5.74) is 0. The molecule has 0 aliphatic rings. The number of unbranched alkanes of at least 4 members (excludes halogenated alkanes) is 12. The molecule has 0 bridgehead atoms. The van der Waals surface area contributed by atoms with E-state index in [0.29, 0.717) is 12.6 Å². The Morgan fingerprint density at radius 1 is 0.828 bits per heavy atom.